The van der Waals surface area contributed by atoms with Crippen LogP contribution in [0.3, 0.4) is 0 Å². The molecule has 0 saturated carbocycles. The lowest BCUT2D eigenvalue weighted by Crippen LogP contribution is -2.27. The first-order chi connectivity index (χ1) is 9.69. The van der Waals surface area contributed by atoms with Crippen LogP contribution < -0.4 is 5.32 Å². The maximum atomic E-state index is 13.2. The van der Waals surface area contributed by atoms with Gasteiger partial charge in [0.1, 0.15) is 11.5 Å². The van der Waals surface area contributed by atoms with Gasteiger partial charge in [-0.05, 0) is 24.8 Å². The summed E-state index contributed by atoms with van der Waals surface area (Å²) in [5.41, 5.74) is 1.39. The van der Waals surface area contributed by atoms with Gasteiger partial charge in [0.25, 0.3) is 0 Å². The van der Waals surface area contributed by atoms with Gasteiger partial charge in [-0.25, -0.2) is 4.39 Å². The van der Waals surface area contributed by atoms with Gasteiger partial charge in [0.2, 0.25) is 0 Å². The number of rotatable bonds is 7. The van der Waals surface area contributed by atoms with Crippen molar-refractivity contribution in [1.29, 1.82) is 0 Å². The third-order valence-corrected chi connectivity index (χ3v) is 4.02. The molecule has 0 bridgehead atoms. The molecule has 0 fully saturated rings. The van der Waals surface area contributed by atoms with Gasteiger partial charge in [0.15, 0.2) is 5.76 Å². The van der Waals surface area contributed by atoms with Gasteiger partial charge < -0.3 is 9.84 Å². The van der Waals surface area contributed by atoms with Gasteiger partial charge in [0.05, 0.1) is 6.54 Å². The average molecular weight is 294 g/mol. The maximum Gasteiger partial charge on any atom is 0.151 e. The molecule has 0 spiro atoms. The zero-order valence-corrected chi connectivity index (χ0v) is 12.5. The van der Waals surface area contributed by atoms with Gasteiger partial charge in [0, 0.05) is 23.4 Å². The van der Waals surface area contributed by atoms with Crippen LogP contribution in [0.25, 0.3) is 11.3 Å². The summed E-state index contributed by atoms with van der Waals surface area (Å²) in [6.07, 6.45) is 0. The molecule has 0 aliphatic carbocycles. The molecule has 1 aromatic heterocycles. The van der Waals surface area contributed by atoms with E-state index >= 15 is 0 Å². The normalized spacial score (nSPS) is 12.6. The highest BCUT2D eigenvalue weighted by atomic mass is 32.2. The molecule has 1 N–H and O–H groups in total. The smallest absolute Gasteiger partial charge is 0.151 e. The van der Waals surface area contributed by atoms with Crippen LogP contribution in [0.15, 0.2) is 34.9 Å². The van der Waals surface area contributed by atoms with E-state index in [0.29, 0.717) is 18.3 Å². The SMILES string of the molecule is CCSCC(C)NCc1cc(-c2cccc(F)c2)no1. The molecule has 108 valence electrons. The molecule has 0 aliphatic rings. The number of aromatic nitrogens is 1. The van der Waals surface area contributed by atoms with Crippen molar-refractivity contribution in [1.82, 2.24) is 10.5 Å². The third-order valence-electron chi connectivity index (χ3n) is 2.88. The summed E-state index contributed by atoms with van der Waals surface area (Å²) < 4.78 is 18.4. The first-order valence-electron chi connectivity index (χ1n) is 6.71. The van der Waals surface area contributed by atoms with Crippen molar-refractivity contribution in [2.24, 2.45) is 0 Å². The number of hydrogen-bond donors (Lipinski definition) is 1. The first kappa shape index (κ1) is 15.1. The Hall–Kier alpha value is -1.33. The Morgan fingerprint density at radius 3 is 3.00 bits per heavy atom. The Morgan fingerprint density at radius 2 is 2.25 bits per heavy atom. The summed E-state index contributed by atoms with van der Waals surface area (Å²) in [5, 5.41) is 7.36. The second kappa shape index (κ2) is 7.45. The fourth-order valence-corrected chi connectivity index (χ4v) is 2.52. The lowest BCUT2D eigenvalue weighted by Gasteiger charge is -2.10. The van der Waals surface area contributed by atoms with Crippen molar-refractivity contribution < 1.29 is 8.91 Å². The average Bonchev–Trinajstić information content (AvgIpc) is 2.92. The molecule has 3 nitrogen and oxygen atoms in total. The number of halogens is 1. The number of thioether (sulfide) groups is 1. The number of hydrogen-bond acceptors (Lipinski definition) is 4. The van der Waals surface area contributed by atoms with E-state index in [4.69, 9.17) is 4.52 Å². The number of nitrogens with zero attached hydrogens (tertiary/aromatic N) is 1. The molecule has 0 amide bonds. The summed E-state index contributed by atoms with van der Waals surface area (Å²) in [6.45, 7) is 4.93. The molecule has 2 aromatic rings. The van der Waals surface area contributed by atoms with Crippen LogP contribution in [-0.4, -0.2) is 22.7 Å². The maximum absolute atomic E-state index is 13.2. The van der Waals surface area contributed by atoms with Crippen molar-refractivity contribution in [2.75, 3.05) is 11.5 Å². The van der Waals surface area contributed by atoms with Gasteiger partial charge in [-0.3, -0.25) is 0 Å². The fraction of sp³-hybridized carbons (Fsp3) is 0.400. The Labute approximate surface area is 122 Å². The molecular weight excluding hydrogens is 275 g/mol. The highest BCUT2D eigenvalue weighted by Gasteiger charge is 2.08. The fourth-order valence-electron chi connectivity index (χ4n) is 1.81. The minimum Gasteiger partial charge on any atom is -0.359 e. The van der Waals surface area contributed by atoms with Crippen molar-refractivity contribution >= 4 is 11.8 Å². The van der Waals surface area contributed by atoms with E-state index in [1.165, 1.54) is 12.1 Å². The minimum absolute atomic E-state index is 0.268. The highest BCUT2D eigenvalue weighted by molar-refractivity contribution is 7.99. The summed E-state index contributed by atoms with van der Waals surface area (Å²) >= 11 is 1.90. The van der Waals surface area contributed by atoms with Crippen LogP contribution in [0.2, 0.25) is 0 Å². The number of benzene rings is 1. The van der Waals surface area contributed by atoms with Crippen molar-refractivity contribution in [3.8, 4) is 11.3 Å². The van der Waals surface area contributed by atoms with Crippen LogP contribution in [0, 0.1) is 5.82 Å². The van der Waals surface area contributed by atoms with E-state index in [-0.39, 0.29) is 5.82 Å². The summed E-state index contributed by atoms with van der Waals surface area (Å²) in [6, 6.07) is 8.62. The van der Waals surface area contributed by atoms with Gasteiger partial charge in [-0.1, -0.05) is 24.2 Å². The molecule has 0 saturated heterocycles. The van der Waals surface area contributed by atoms with Gasteiger partial charge in [-0.15, -0.1) is 0 Å². The molecule has 5 heteroatoms. The van der Waals surface area contributed by atoms with Crippen LogP contribution in [-0.2, 0) is 6.54 Å². The van der Waals surface area contributed by atoms with Crippen LogP contribution in [0.5, 0.6) is 0 Å². The molecular formula is C15H19FN2OS. The van der Waals surface area contributed by atoms with Crippen LogP contribution in [0.4, 0.5) is 4.39 Å². The van der Waals surface area contributed by atoms with E-state index < -0.39 is 0 Å². The molecule has 1 heterocycles. The lowest BCUT2D eigenvalue weighted by atomic mass is 10.1. The van der Waals surface area contributed by atoms with E-state index in [1.807, 2.05) is 23.9 Å². The van der Waals surface area contributed by atoms with Crippen molar-refractivity contribution in [2.45, 2.75) is 26.4 Å². The molecule has 20 heavy (non-hydrogen) atoms. The van der Waals surface area contributed by atoms with Crippen LogP contribution in [0.1, 0.15) is 19.6 Å². The monoisotopic (exact) mass is 294 g/mol. The Balaban J connectivity index is 1.92. The summed E-state index contributed by atoms with van der Waals surface area (Å²) in [4.78, 5) is 0. The van der Waals surface area contributed by atoms with Crippen molar-refractivity contribution in [3.05, 3.63) is 41.9 Å². The summed E-state index contributed by atoms with van der Waals surface area (Å²) in [7, 11) is 0. The zero-order valence-electron chi connectivity index (χ0n) is 11.7. The predicted octanol–water partition coefficient (Wildman–Crippen LogP) is 3.71. The molecule has 1 aromatic carbocycles. The second-order valence-electron chi connectivity index (χ2n) is 4.63. The van der Waals surface area contributed by atoms with Crippen LogP contribution >= 0.6 is 11.8 Å². The second-order valence-corrected chi connectivity index (χ2v) is 5.95. The van der Waals surface area contributed by atoms with Crippen molar-refractivity contribution in [3.63, 3.8) is 0 Å². The first-order valence-corrected chi connectivity index (χ1v) is 7.87. The van der Waals surface area contributed by atoms with E-state index in [0.717, 1.165) is 22.8 Å². The van der Waals surface area contributed by atoms with Gasteiger partial charge in [-0.2, -0.15) is 11.8 Å². The molecule has 0 radical (unpaired) electrons. The lowest BCUT2D eigenvalue weighted by molar-refractivity contribution is 0.369. The Kier molecular flexibility index (Phi) is 5.61. The zero-order chi connectivity index (χ0) is 14.4. The van der Waals surface area contributed by atoms with Gasteiger partial charge >= 0.3 is 0 Å². The quantitative estimate of drug-likeness (QED) is 0.845. The highest BCUT2D eigenvalue weighted by Crippen LogP contribution is 2.19. The molecule has 0 aliphatic heterocycles. The standard InChI is InChI=1S/C15H19FN2OS/c1-3-20-10-11(2)17-9-14-8-15(18-19-14)12-5-4-6-13(16)7-12/h4-8,11,17H,3,9-10H2,1-2H3. The topological polar surface area (TPSA) is 38.1 Å². The Bertz CT molecular complexity index is 544. The number of nitrogens with one attached hydrogen (secondary N) is 1. The molecule has 1 unspecified atom stereocenters. The largest absolute Gasteiger partial charge is 0.359 e. The molecule has 1 atom stereocenters. The Morgan fingerprint density at radius 1 is 1.40 bits per heavy atom. The third kappa shape index (κ3) is 4.35. The van der Waals surface area contributed by atoms with E-state index in [9.17, 15) is 4.39 Å². The predicted molar refractivity (Wildman–Crippen MR) is 81.2 cm³/mol. The van der Waals surface area contributed by atoms with E-state index in [2.05, 4.69) is 24.3 Å². The van der Waals surface area contributed by atoms with E-state index in [1.54, 1.807) is 6.07 Å². The molecule has 2 rings (SSSR count). The summed E-state index contributed by atoms with van der Waals surface area (Å²) in [5.74, 6) is 2.69. The minimum atomic E-state index is -0.268.